The van der Waals surface area contributed by atoms with Crippen molar-refractivity contribution in [1.82, 2.24) is 10.2 Å². The first kappa shape index (κ1) is 10.6. The molecule has 76 valence electrons. The molecule has 0 amide bonds. The van der Waals surface area contributed by atoms with Gasteiger partial charge in [-0.2, -0.15) is 0 Å². The molecular formula is C11H22N2. The molecule has 1 N–H and O–H groups in total. The molecule has 1 heterocycles. The van der Waals surface area contributed by atoms with Gasteiger partial charge in [0.05, 0.1) is 0 Å². The van der Waals surface area contributed by atoms with Crippen LogP contribution in [-0.2, 0) is 0 Å². The van der Waals surface area contributed by atoms with Gasteiger partial charge in [0.2, 0.25) is 0 Å². The van der Waals surface area contributed by atoms with E-state index in [1.54, 1.807) is 0 Å². The number of rotatable bonds is 4. The number of nitrogens with zero attached hydrogens (tertiary/aromatic N) is 1. The van der Waals surface area contributed by atoms with E-state index in [1.807, 2.05) is 0 Å². The van der Waals surface area contributed by atoms with E-state index in [0.717, 1.165) is 19.6 Å². The molecule has 13 heavy (non-hydrogen) atoms. The number of hydrogen-bond donors (Lipinski definition) is 1. The first-order valence-electron chi connectivity index (χ1n) is 5.44. The molecule has 0 spiro atoms. The second-order valence-electron chi connectivity index (χ2n) is 3.71. The highest BCUT2D eigenvalue weighted by Gasteiger charge is 2.18. The zero-order chi connectivity index (χ0) is 9.68. The summed E-state index contributed by atoms with van der Waals surface area (Å²) < 4.78 is 0. The molecule has 1 saturated heterocycles. The summed E-state index contributed by atoms with van der Waals surface area (Å²) in [5, 5.41) is 3.43. The Kier molecular flexibility index (Phi) is 4.29. The Morgan fingerprint density at radius 2 is 2.15 bits per heavy atom. The number of nitrogens with one attached hydrogen (secondary N) is 1. The maximum absolute atomic E-state index is 4.21. The summed E-state index contributed by atoms with van der Waals surface area (Å²) in [6.45, 7) is 13.1. The Hall–Kier alpha value is -0.500. The topological polar surface area (TPSA) is 15.3 Å². The average Bonchev–Trinajstić information content (AvgIpc) is 2.21. The molecular weight excluding hydrogens is 160 g/mol. The van der Waals surface area contributed by atoms with Crippen molar-refractivity contribution in [2.45, 2.75) is 26.7 Å². The van der Waals surface area contributed by atoms with Crippen LogP contribution in [-0.4, -0.2) is 31.1 Å². The Balaban J connectivity index is 2.44. The zero-order valence-electron chi connectivity index (χ0n) is 8.97. The standard InChI is InChI=1S/C11H22N2/c1-4-13(5-2)10(3)11-7-6-8-12-9-11/h11-12H,3-9H2,1-2H3. The maximum atomic E-state index is 4.21. The molecule has 0 bridgehead atoms. The van der Waals surface area contributed by atoms with Crippen LogP contribution in [0.15, 0.2) is 12.3 Å². The van der Waals surface area contributed by atoms with Gasteiger partial charge >= 0.3 is 0 Å². The largest absolute Gasteiger partial charge is 0.376 e. The van der Waals surface area contributed by atoms with Gasteiger partial charge in [-0.25, -0.2) is 0 Å². The molecule has 0 radical (unpaired) electrons. The van der Waals surface area contributed by atoms with E-state index in [1.165, 1.54) is 25.1 Å². The van der Waals surface area contributed by atoms with Crippen LogP contribution in [0.4, 0.5) is 0 Å². The summed E-state index contributed by atoms with van der Waals surface area (Å²) in [5.74, 6) is 0.675. The van der Waals surface area contributed by atoms with Crippen molar-refractivity contribution in [2.24, 2.45) is 5.92 Å². The van der Waals surface area contributed by atoms with Crippen molar-refractivity contribution >= 4 is 0 Å². The first-order valence-corrected chi connectivity index (χ1v) is 5.44. The van der Waals surface area contributed by atoms with Crippen LogP contribution in [0.3, 0.4) is 0 Å². The van der Waals surface area contributed by atoms with Gasteiger partial charge in [0.1, 0.15) is 0 Å². The predicted octanol–water partition coefficient (Wildman–Crippen LogP) is 1.84. The van der Waals surface area contributed by atoms with Crippen LogP contribution >= 0.6 is 0 Å². The van der Waals surface area contributed by atoms with E-state index in [4.69, 9.17) is 0 Å². The highest BCUT2D eigenvalue weighted by Crippen LogP contribution is 2.20. The first-order chi connectivity index (χ1) is 6.29. The predicted molar refractivity (Wildman–Crippen MR) is 57.7 cm³/mol. The van der Waals surface area contributed by atoms with Crippen LogP contribution in [0.5, 0.6) is 0 Å². The molecule has 0 aromatic carbocycles. The zero-order valence-corrected chi connectivity index (χ0v) is 8.97. The fourth-order valence-corrected chi connectivity index (χ4v) is 2.02. The minimum absolute atomic E-state index is 0.675. The molecule has 1 rings (SSSR count). The number of piperidine rings is 1. The fraction of sp³-hybridized carbons (Fsp3) is 0.818. The van der Waals surface area contributed by atoms with E-state index in [2.05, 4.69) is 30.6 Å². The monoisotopic (exact) mass is 182 g/mol. The Bertz CT molecular complexity index is 155. The smallest absolute Gasteiger partial charge is 0.0146 e. The second-order valence-corrected chi connectivity index (χ2v) is 3.71. The molecule has 1 atom stereocenters. The van der Waals surface area contributed by atoms with E-state index in [9.17, 15) is 0 Å². The van der Waals surface area contributed by atoms with Gasteiger partial charge in [0, 0.05) is 31.2 Å². The maximum Gasteiger partial charge on any atom is 0.0146 e. The van der Waals surface area contributed by atoms with Crippen molar-refractivity contribution in [3.05, 3.63) is 12.3 Å². The summed E-state index contributed by atoms with van der Waals surface area (Å²) in [6, 6.07) is 0. The highest BCUT2D eigenvalue weighted by molar-refractivity contribution is 5.01. The summed E-state index contributed by atoms with van der Waals surface area (Å²) in [7, 11) is 0. The molecule has 1 aliphatic heterocycles. The van der Waals surface area contributed by atoms with Gasteiger partial charge < -0.3 is 10.2 Å². The molecule has 0 saturated carbocycles. The molecule has 1 unspecified atom stereocenters. The summed E-state index contributed by atoms with van der Waals surface area (Å²) in [5.41, 5.74) is 1.33. The quantitative estimate of drug-likeness (QED) is 0.713. The summed E-state index contributed by atoms with van der Waals surface area (Å²) in [4.78, 5) is 2.37. The Morgan fingerprint density at radius 1 is 1.46 bits per heavy atom. The van der Waals surface area contributed by atoms with E-state index in [-0.39, 0.29) is 0 Å². The summed E-state index contributed by atoms with van der Waals surface area (Å²) >= 11 is 0. The van der Waals surface area contributed by atoms with Crippen LogP contribution in [0, 0.1) is 5.92 Å². The third-order valence-corrected chi connectivity index (χ3v) is 2.94. The van der Waals surface area contributed by atoms with Gasteiger partial charge in [-0.1, -0.05) is 6.58 Å². The highest BCUT2D eigenvalue weighted by atomic mass is 15.1. The van der Waals surface area contributed by atoms with Gasteiger partial charge in [0.25, 0.3) is 0 Å². The van der Waals surface area contributed by atoms with E-state index < -0.39 is 0 Å². The third kappa shape index (κ3) is 2.73. The lowest BCUT2D eigenvalue weighted by Crippen LogP contribution is -2.36. The molecule has 1 aliphatic rings. The van der Waals surface area contributed by atoms with E-state index >= 15 is 0 Å². The van der Waals surface area contributed by atoms with Crippen LogP contribution in [0.1, 0.15) is 26.7 Å². The van der Waals surface area contributed by atoms with Gasteiger partial charge in [0.15, 0.2) is 0 Å². The molecule has 0 aromatic rings. The lowest BCUT2D eigenvalue weighted by molar-refractivity contribution is 0.296. The lowest BCUT2D eigenvalue weighted by atomic mass is 9.96. The SMILES string of the molecule is C=C(C1CCCNC1)N(CC)CC. The third-order valence-electron chi connectivity index (χ3n) is 2.94. The lowest BCUT2D eigenvalue weighted by Gasteiger charge is -2.32. The van der Waals surface area contributed by atoms with Crippen molar-refractivity contribution in [2.75, 3.05) is 26.2 Å². The van der Waals surface area contributed by atoms with Gasteiger partial charge in [-0.3, -0.25) is 0 Å². The molecule has 0 aromatic heterocycles. The van der Waals surface area contributed by atoms with Crippen molar-refractivity contribution in [3.8, 4) is 0 Å². The van der Waals surface area contributed by atoms with Crippen molar-refractivity contribution < 1.29 is 0 Å². The second kappa shape index (κ2) is 5.28. The minimum atomic E-state index is 0.675. The normalized spacial score (nSPS) is 22.8. The average molecular weight is 182 g/mol. The molecule has 1 fully saturated rings. The van der Waals surface area contributed by atoms with Crippen molar-refractivity contribution in [1.29, 1.82) is 0 Å². The Labute approximate surface area is 82.0 Å². The minimum Gasteiger partial charge on any atom is -0.376 e. The van der Waals surface area contributed by atoms with Gasteiger partial charge in [-0.05, 0) is 33.2 Å². The van der Waals surface area contributed by atoms with Gasteiger partial charge in [-0.15, -0.1) is 0 Å². The van der Waals surface area contributed by atoms with E-state index in [0.29, 0.717) is 5.92 Å². The summed E-state index contributed by atoms with van der Waals surface area (Å²) in [6.07, 6.45) is 2.60. The fourth-order valence-electron chi connectivity index (χ4n) is 2.02. The van der Waals surface area contributed by atoms with Crippen molar-refractivity contribution in [3.63, 3.8) is 0 Å². The molecule has 2 nitrogen and oxygen atoms in total. The van der Waals surface area contributed by atoms with Crippen LogP contribution in [0.25, 0.3) is 0 Å². The van der Waals surface area contributed by atoms with Crippen LogP contribution in [0.2, 0.25) is 0 Å². The molecule has 0 aliphatic carbocycles. The van der Waals surface area contributed by atoms with Crippen LogP contribution < -0.4 is 5.32 Å². The Morgan fingerprint density at radius 3 is 2.62 bits per heavy atom. The number of hydrogen-bond acceptors (Lipinski definition) is 2. The molecule has 2 heteroatoms.